The maximum absolute atomic E-state index is 12.0. The van der Waals surface area contributed by atoms with Gasteiger partial charge >= 0.3 is 0 Å². The summed E-state index contributed by atoms with van der Waals surface area (Å²) in [5.41, 5.74) is 1.04. The van der Waals surface area contributed by atoms with Crippen LogP contribution in [-0.2, 0) is 14.6 Å². The first-order valence-electron chi connectivity index (χ1n) is 8.38. The number of halogens is 1. The molecule has 1 amide bonds. The van der Waals surface area contributed by atoms with E-state index in [0.29, 0.717) is 18.0 Å². The molecule has 0 spiro atoms. The van der Waals surface area contributed by atoms with Crippen LogP contribution in [0, 0.1) is 0 Å². The summed E-state index contributed by atoms with van der Waals surface area (Å²) in [6.45, 7) is 4.13. The van der Waals surface area contributed by atoms with Gasteiger partial charge in [-0.1, -0.05) is 30.7 Å². The first-order valence-corrected chi connectivity index (χ1v) is 10.6. The maximum Gasteiger partial charge on any atom is 0.235 e. The molecule has 1 aliphatic rings. The molecule has 1 fully saturated rings. The first kappa shape index (κ1) is 19.2. The molecule has 24 heavy (non-hydrogen) atoms. The normalized spacial score (nSPS) is 16.9. The first-order chi connectivity index (χ1) is 11.4. The van der Waals surface area contributed by atoms with Crippen molar-refractivity contribution in [2.24, 2.45) is 0 Å². The van der Waals surface area contributed by atoms with Crippen LogP contribution in [0.1, 0.15) is 37.8 Å². The zero-order chi connectivity index (χ0) is 17.6. The van der Waals surface area contributed by atoms with Crippen LogP contribution < -0.4 is 5.32 Å². The highest BCUT2D eigenvalue weighted by atomic mass is 35.5. The molecule has 1 aromatic rings. The molecule has 2 rings (SSSR count). The summed E-state index contributed by atoms with van der Waals surface area (Å²) < 4.78 is 23.5. The van der Waals surface area contributed by atoms with E-state index in [4.69, 9.17) is 11.6 Å². The molecule has 7 heteroatoms. The number of hydrogen-bond donors (Lipinski definition) is 1. The van der Waals surface area contributed by atoms with Gasteiger partial charge in [0.1, 0.15) is 5.75 Å². The predicted octanol–water partition coefficient (Wildman–Crippen LogP) is 2.42. The number of carbonyl (C=O) groups excluding carboxylic acids is 1. The molecule has 1 unspecified atom stereocenters. The molecule has 1 aliphatic heterocycles. The smallest absolute Gasteiger partial charge is 0.235 e. The Morgan fingerprint density at radius 1 is 1.33 bits per heavy atom. The van der Waals surface area contributed by atoms with Crippen LogP contribution in [0.25, 0.3) is 0 Å². The van der Waals surface area contributed by atoms with E-state index in [0.717, 1.165) is 31.5 Å². The molecule has 0 aliphatic carbocycles. The summed E-state index contributed by atoms with van der Waals surface area (Å²) in [5.74, 6) is -0.831. The monoisotopic (exact) mass is 372 g/mol. The maximum atomic E-state index is 12.0. The summed E-state index contributed by atoms with van der Waals surface area (Å²) >= 11 is 6.10. The van der Waals surface area contributed by atoms with Crippen molar-refractivity contribution in [3.05, 3.63) is 34.9 Å². The van der Waals surface area contributed by atoms with Gasteiger partial charge in [0.25, 0.3) is 0 Å². The minimum absolute atomic E-state index is 0.0176. The molecular formula is C17H25ClN2O3S. The quantitative estimate of drug-likeness (QED) is 0.761. The average Bonchev–Trinajstić information content (AvgIpc) is 3.01. The second-order valence-corrected chi connectivity index (χ2v) is 8.83. The number of rotatable bonds is 8. The van der Waals surface area contributed by atoms with Crippen molar-refractivity contribution in [1.29, 1.82) is 0 Å². The molecule has 1 aromatic carbocycles. The van der Waals surface area contributed by atoms with Crippen LogP contribution in [0.3, 0.4) is 0 Å². The Hall–Kier alpha value is -1.11. The number of sulfone groups is 1. The van der Waals surface area contributed by atoms with E-state index >= 15 is 0 Å². The molecule has 1 saturated heterocycles. The Balaban J connectivity index is 2.02. The third-order valence-corrected chi connectivity index (χ3v) is 6.14. The van der Waals surface area contributed by atoms with Crippen LogP contribution in [0.4, 0.5) is 0 Å². The van der Waals surface area contributed by atoms with Gasteiger partial charge in [0.05, 0.1) is 11.8 Å². The Labute approximate surface area is 149 Å². The summed E-state index contributed by atoms with van der Waals surface area (Å²) in [5, 5.41) is 3.45. The largest absolute Gasteiger partial charge is 0.353 e. The molecular weight excluding hydrogens is 348 g/mol. The van der Waals surface area contributed by atoms with Crippen molar-refractivity contribution in [2.45, 2.75) is 32.2 Å². The van der Waals surface area contributed by atoms with Crippen molar-refractivity contribution < 1.29 is 13.2 Å². The second kappa shape index (κ2) is 8.83. The van der Waals surface area contributed by atoms with E-state index in [1.54, 1.807) is 6.92 Å². The number of carbonyl (C=O) groups is 1. The summed E-state index contributed by atoms with van der Waals surface area (Å²) in [6.07, 6.45) is 2.79. The van der Waals surface area contributed by atoms with E-state index in [1.807, 2.05) is 24.3 Å². The highest BCUT2D eigenvalue weighted by Gasteiger charge is 2.25. The Morgan fingerprint density at radius 3 is 2.67 bits per heavy atom. The molecule has 1 atom stereocenters. The van der Waals surface area contributed by atoms with Crippen LogP contribution in [-0.4, -0.2) is 50.4 Å². The molecule has 0 saturated carbocycles. The fourth-order valence-electron chi connectivity index (χ4n) is 3.07. The lowest BCUT2D eigenvalue weighted by Crippen LogP contribution is -2.39. The second-order valence-electron chi connectivity index (χ2n) is 6.21. The van der Waals surface area contributed by atoms with Crippen LogP contribution in [0.15, 0.2) is 24.3 Å². The lowest BCUT2D eigenvalue weighted by molar-refractivity contribution is -0.118. The van der Waals surface area contributed by atoms with E-state index in [2.05, 4.69) is 10.2 Å². The predicted molar refractivity (Wildman–Crippen MR) is 97.0 cm³/mol. The fraction of sp³-hybridized carbons (Fsp3) is 0.588. The van der Waals surface area contributed by atoms with E-state index < -0.39 is 21.5 Å². The number of benzene rings is 1. The Kier molecular flexibility index (Phi) is 7.07. The molecule has 0 bridgehead atoms. The minimum atomic E-state index is -3.32. The highest BCUT2D eigenvalue weighted by Crippen LogP contribution is 2.26. The lowest BCUT2D eigenvalue weighted by atomic mass is 10.1. The van der Waals surface area contributed by atoms with Gasteiger partial charge in [0.15, 0.2) is 9.84 Å². The minimum Gasteiger partial charge on any atom is -0.353 e. The molecule has 0 radical (unpaired) electrons. The van der Waals surface area contributed by atoms with Gasteiger partial charge in [-0.3, -0.25) is 9.69 Å². The van der Waals surface area contributed by atoms with Crippen LogP contribution >= 0.6 is 11.6 Å². The molecule has 1 N–H and O–H groups in total. The van der Waals surface area contributed by atoms with Gasteiger partial charge < -0.3 is 5.32 Å². The number of nitrogens with zero attached hydrogens (tertiary/aromatic N) is 1. The fourth-order valence-corrected chi connectivity index (χ4v) is 4.54. The van der Waals surface area contributed by atoms with Gasteiger partial charge in [-0.05, 0) is 50.0 Å². The van der Waals surface area contributed by atoms with Gasteiger partial charge in [0, 0.05) is 11.6 Å². The summed E-state index contributed by atoms with van der Waals surface area (Å²) in [7, 11) is -3.32. The van der Waals surface area contributed by atoms with E-state index in [9.17, 15) is 13.2 Å². The zero-order valence-corrected chi connectivity index (χ0v) is 15.6. The Bertz CT molecular complexity index is 658. The third kappa shape index (κ3) is 5.76. The zero-order valence-electron chi connectivity index (χ0n) is 14.0. The topological polar surface area (TPSA) is 66.5 Å². The van der Waals surface area contributed by atoms with E-state index in [1.165, 1.54) is 0 Å². The average molecular weight is 373 g/mol. The van der Waals surface area contributed by atoms with Crippen molar-refractivity contribution in [1.82, 2.24) is 10.2 Å². The number of hydrogen-bond acceptors (Lipinski definition) is 4. The number of nitrogens with one attached hydrogen (secondary N) is 1. The highest BCUT2D eigenvalue weighted by molar-refractivity contribution is 7.92. The van der Waals surface area contributed by atoms with Gasteiger partial charge in [-0.25, -0.2) is 8.42 Å². The molecule has 5 nitrogen and oxygen atoms in total. The lowest BCUT2D eigenvalue weighted by Gasteiger charge is -2.28. The molecule has 134 valence electrons. The standard InChI is InChI=1S/C17H25ClN2O3S/c1-2-10-24(22,23)13-17(21)19-12-16(20-8-3-4-9-20)14-6-5-7-15(18)11-14/h5-7,11,16H,2-4,8-10,12-13H2,1H3,(H,19,21). The SMILES string of the molecule is CCCS(=O)(=O)CC(=O)NCC(c1cccc(Cl)c1)N1CCCC1. The number of amides is 1. The molecule has 0 aromatic heterocycles. The third-order valence-electron chi connectivity index (χ3n) is 4.17. The van der Waals surface area contributed by atoms with Crippen molar-refractivity contribution in [2.75, 3.05) is 31.1 Å². The van der Waals surface area contributed by atoms with Gasteiger partial charge in [0.2, 0.25) is 5.91 Å². The van der Waals surface area contributed by atoms with Crippen LogP contribution in [0.5, 0.6) is 0 Å². The summed E-state index contributed by atoms with van der Waals surface area (Å²) in [4.78, 5) is 14.3. The van der Waals surface area contributed by atoms with Crippen molar-refractivity contribution in [3.63, 3.8) is 0 Å². The van der Waals surface area contributed by atoms with Crippen LogP contribution in [0.2, 0.25) is 5.02 Å². The summed E-state index contributed by atoms with van der Waals surface area (Å²) in [6, 6.07) is 7.64. The van der Waals surface area contributed by atoms with Gasteiger partial charge in [-0.2, -0.15) is 0 Å². The molecule has 1 heterocycles. The van der Waals surface area contributed by atoms with Crippen molar-refractivity contribution in [3.8, 4) is 0 Å². The van der Waals surface area contributed by atoms with Crippen molar-refractivity contribution >= 4 is 27.3 Å². The Morgan fingerprint density at radius 2 is 2.04 bits per heavy atom. The van der Waals surface area contributed by atoms with E-state index in [-0.39, 0.29) is 11.8 Å². The number of likely N-dealkylation sites (tertiary alicyclic amines) is 1. The van der Waals surface area contributed by atoms with Gasteiger partial charge in [-0.15, -0.1) is 0 Å².